The molecule has 0 heterocycles. The summed E-state index contributed by atoms with van der Waals surface area (Å²) in [6.45, 7) is 0. The van der Waals surface area contributed by atoms with E-state index in [4.69, 9.17) is 51.1 Å². The Hall–Kier alpha value is -0.600. The highest BCUT2D eigenvalue weighted by atomic mass is 35.5. The number of benzene rings is 2. The van der Waals surface area contributed by atoms with Crippen LogP contribution < -0.4 is 4.74 Å². The van der Waals surface area contributed by atoms with Crippen molar-refractivity contribution in [3.63, 3.8) is 0 Å². The minimum Gasteiger partial charge on any atom is -0.497 e. The quantitative estimate of drug-likeness (QED) is 0.618. The molecule has 0 aromatic heterocycles. The van der Waals surface area contributed by atoms with Gasteiger partial charge < -0.3 is 4.74 Å². The fourth-order valence-electron chi connectivity index (χ4n) is 1.60. The third-order valence-corrected chi connectivity index (χ3v) is 3.92. The van der Waals surface area contributed by atoms with Crippen LogP contribution >= 0.6 is 46.4 Å². The van der Waals surface area contributed by atoms with Crippen molar-refractivity contribution < 1.29 is 4.74 Å². The largest absolute Gasteiger partial charge is 0.497 e. The normalized spacial score (nSPS) is 10.5. The second-order valence-electron chi connectivity index (χ2n) is 3.56. The summed E-state index contributed by atoms with van der Waals surface area (Å²) in [7, 11) is 1.57. The molecule has 2 aromatic rings. The number of methoxy groups -OCH3 is 1. The van der Waals surface area contributed by atoms with E-state index in [9.17, 15) is 0 Å². The van der Waals surface area contributed by atoms with E-state index in [1.807, 2.05) is 0 Å². The predicted molar refractivity (Wildman–Crippen MR) is 78.5 cm³/mol. The lowest BCUT2D eigenvalue weighted by atomic mass is 10.1. The molecule has 0 aliphatic rings. The first-order valence-corrected chi connectivity index (χ1v) is 6.53. The Morgan fingerprint density at radius 2 is 1.50 bits per heavy atom. The van der Waals surface area contributed by atoms with Gasteiger partial charge in [0.15, 0.2) is 0 Å². The SMILES string of the molecule is COc1ccc(-c2c(Cl)ccc(Cl)c2Cl)c(Cl)c1. The third-order valence-electron chi connectivity index (χ3n) is 2.49. The van der Waals surface area contributed by atoms with E-state index in [-0.39, 0.29) is 0 Å². The number of hydrogen-bond donors (Lipinski definition) is 0. The van der Waals surface area contributed by atoms with Gasteiger partial charge in [-0.05, 0) is 30.3 Å². The summed E-state index contributed by atoms with van der Waals surface area (Å²) in [6, 6.07) is 8.61. The van der Waals surface area contributed by atoms with E-state index in [1.165, 1.54) is 0 Å². The molecule has 18 heavy (non-hydrogen) atoms. The zero-order valence-electron chi connectivity index (χ0n) is 9.31. The summed E-state index contributed by atoms with van der Waals surface area (Å²) in [5.74, 6) is 0.665. The molecule has 5 heteroatoms. The summed E-state index contributed by atoms with van der Waals surface area (Å²) >= 11 is 24.5. The number of rotatable bonds is 2. The van der Waals surface area contributed by atoms with Gasteiger partial charge in [0.05, 0.1) is 27.2 Å². The van der Waals surface area contributed by atoms with Crippen molar-refractivity contribution in [3.8, 4) is 16.9 Å². The van der Waals surface area contributed by atoms with Crippen molar-refractivity contribution in [1.82, 2.24) is 0 Å². The average molecular weight is 322 g/mol. The van der Waals surface area contributed by atoms with Gasteiger partial charge in [0.1, 0.15) is 5.75 Å². The number of ether oxygens (including phenoxy) is 1. The summed E-state index contributed by atoms with van der Waals surface area (Å²) in [6.07, 6.45) is 0. The Labute approximate surface area is 125 Å². The lowest BCUT2D eigenvalue weighted by molar-refractivity contribution is 0.415. The maximum Gasteiger partial charge on any atom is 0.120 e. The fraction of sp³-hybridized carbons (Fsp3) is 0.0769. The van der Waals surface area contributed by atoms with Crippen molar-refractivity contribution in [2.75, 3.05) is 7.11 Å². The first-order chi connectivity index (χ1) is 8.54. The van der Waals surface area contributed by atoms with Gasteiger partial charge in [-0.25, -0.2) is 0 Å². The Morgan fingerprint density at radius 1 is 0.833 bits per heavy atom. The van der Waals surface area contributed by atoms with Gasteiger partial charge in [-0.2, -0.15) is 0 Å². The van der Waals surface area contributed by atoms with E-state index in [0.717, 1.165) is 5.56 Å². The summed E-state index contributed by atoms with van der Waals surface area (Å²) < 4.78 is 5.09. The van der Waals surface area contributed by atoms with Crippen LogP contribution in [0.25, 0.3) is 11.1 Å². The summed E-state index contributed by atoms with van der Waals surface area (Å²) in [4.78, 5) is 0. The van der Waals surface area contributed by atoms with Gasteiger partial charge >= 0.3 is 0 Å². The highest BCUT2D eigenvalue weighted by Gasteiger charge is 2.15. The van der Waals surface area contributed by atoms with Crippen LogP contribution in [0.5, 0.6) is 5.75 Å². The molecular weight excluding hydrogens is 314 g/mol. The Balaban J connectivity index is 2.66. The molecule has 0 amide bonds. The second-order valence-corrected chi connectivity index (χ2v) is 5.16. The zero-order chi connectivity index (χ0) is 13.3. The average Bonchev–Trinajstić information content (AvgIpc) is 2.36. The van der Waals surface area contributed by atoms with Crippen LogP contribution in [-0.4, -0.2) is 7.11 Å². The lowest BCUT2D eigenvalue weighted by Gasteiger charge is -2.11. The minimum atomic E-state index is 0.385. The molecular formula is C13H8Cl4O. The number of hydrogen-bond acceptors (Lipinski definition) is 1. The van der Waals surface area contributed by atoms with Crippen LogP contribution in [0.1, 0.15) is 0 Å². The molecule has 2 aromatic carbocycles. The van der Waals surface area contributed by atoms with E-state index >= 15 is 0 Å². The van der Waals surface area contributed by atoms with Crippen LogP contribution in [0.3, 0.4) is 0 Å². The Morgan fingerprint density at radius 3 is 2.11 bits per heavy atom. The molecule has 0 aliphatic carbocycles. The third kappa shape index (κ3) is 2.55. The van der Waals surface area contributed by atoms with Gasteiger partial charge in [0.25, 0.3) is 0 Å². The molecule has 2 rings (SSSR count). The summed E-state index contributed by atoms with van der Waals surface area (Å²) in [5.41, 5.74) is 1.34. The fourth-order valence-corrected chi connectivity index (χ4v) is 2.60. The highest BCUT2D eigenvalue weighted by molar-refractivity contribution is 6.46. The molecule has 0 spiro atoms. The van der Waals surface area contributed by atoms with Crippen molar-refractivity contribution in [3.05, 3.63) is 50.4 Å². The monoisotopic (exact) mass is 320 g/mol. The topological polar surface area (TPSA) is 9.23 Å². The van der Waals surface area contributed by atoms with Crippen LogP contribution in [0.2, 0.25) is 20.1 Å². The van der Waals surface area contributed by atoms with Crippen molar-refractivity contribution in [2.24, 2.45) is 0 Å². The van der Waals surface area contributed by atoms with Gasteiger partial charge in [-0.1, -0.05) is 46.4 Å². The summed E-state index contributed by atoms with van der Waals surface area (Å²) in [5, 5.41) is 1.82. The van der Waals surface area contributed by atoms with Gasteiger partial charge in [0, 0.05) is 11.1 Å². The zero-order valence-corrected chi connectivity index (χ0v) is 12.3. The number of halogens is 4. The van der Waals surface area contributed by atoms with Crippen LogP contribution in [0, 0.1) is 0 Å². The molecule has 0 atom stereocenters. The maximum atomic E-state index is 6.20. The lowest BCUT2D eigenvalue weighted by Crippen LogP contribution is -1.87. The Kier molecular flexibility index (Phi) is 4.29. The maximum absolute atomic E-state index is 6.20. The van der Waals surface area contributed by atoms with E-state index in [2.05, 4.69) is 0 Å². The van der Waals surface area contributed by atoms with Gasteiger partial charge in [-0.3, -0.25) is 0 Å². The molecule has 0 saturated heterocycles. The molecule has 0 N–H and O–H groups in total. The molecule has 1 nitrogen and oxygen atoms in total. The molecule has 0 unspecified atom stereocenters. The Bertz CT molecular complexity index is 596. The highest BCUT2D eigenvalue weighted by Crippen LogP contribution is 2.42. The van der Waals surface area contributed by atoms with E-state index in [1.54, 1.807) is 37.4 Å². The van der Waals surface area contributed by atoms with Gasteiger partial charge in [0.2, 0.25) is 0 Å². The van der Waals surface area contributed by atoms with Crippen LogP contribution in [-0.2, 0) is 0 Å². The standard InChI is InChI=1S/C13H8Cl4O/c1-18-7-2-3-8(11(16)6-7)12-9(14)4-5-10(15)13(12)17/h2-6H,1H3. The smallest absolute Gasteiger partial charge is 0.120 e. The van der Waals surface area contributed by atoms with Gasteiger partial charge in [-0.15, -0.1) is 0 Å². The molecule has 94 valence electrons. The minimum absolute atomic E-state index is 0.385. The van der Waals surface area contributed by atoms with Crippen molar-refractivity contribution in [1.29, 1.82) is 0 Å². The first-order valence-electron chi connectivity index (χ1n) is 5.02. The molecule has 0 aliphatic heterocycles. The first kappa shape index (κ1) is 13.8. The molecule has 0 bridgehead atoms. The van der Waals surface area contributed by atoms with Crippen molar-refractivity contribution in [2.45, 2.75) is 0 Å². The van der Waals surface area contributed by atoms with Crippen LogP contribution in [0.15, 0.2) is 30.3 Å². The van der Waals surface area contributed by atoms with Crippen LogP contribution in [0.4, 0.5) is 0 Å². The second kappa shape index (κ2) is 5.58. The molecule has 0 fully saturated rings. The molecule has 0 saturated carbocycles. The van der Waals surface area contributed by atoms with Crippen molar-refractivity contribution >= 4 is 46.4 Å². The van der Waals surface area contributed by atoms with E-state index < -0.39 is 0 Å². The van der Waals surface area contributed by atoms with E-state index in [0.29, 0.717) is 31.4 Å². The molecule has 0 radical (unpaired) electrons. The predicted octanol–water partition coefficient (Wildman–Crippen LogP) is 5.98.